The SMILES string of the molecule is C=CNC(C(=O)OC)C1CCC(C)(F)CC1.CCCc1ccccc1. The molecule has 0 saturated heterocycles. The maximum Gasteiger partial charge on any atom is 0.328 e. The van der Waals surface area contributed by atoms with Gasteiger partial charge in [-0.2, -0.15) is 0 Å². The zero-order valence-corrected chi connectivity index (χ0v) is 15.8. The molecule has 1 aromatic carbocycles. The Morgan fingerprint density at radius 1 is 1.40 bits per heavy atom. The predicted octanol–water partition coefficient (Wildman–Crippen LogP) is 4.82. The van der Waals surface area contributed by atoms with E-state index in [4.69, 9.17) is 4.74 Å². The number of benzene rings is 1. The maximum absolute atomic E-state index is 13.6. The van der Waals surface area contributed by atoms with Gasteiger partial charge in [-0.3, -0.25) is 0 Å². The predicted molar refractivity (Wildman–Crippen MR) is 101 cm³/mol. The van der Waals surface area contributed by atoms with Gasteiger partial charge >= 0.3 is 5.97 Å². The molecule has 1 N–H and O–H groups in total. The molecular weight excluding hydrogens is 317 g/mol. The van der Waals surface area contributed by atoms with Crippen molar-refractivity contribution >= 4 is 5.97 Å². The van der Waals surface area contributed by atoms with Crippen LogP contribution >= 0.6 is 0 Å². The minimum absolute atomic E-state index is 0.134. The molecule has 1 aromatic rings. The Kier molecular flexibility index (Phi) is 9.25. The summed E-state index contributed by atoms with van der Waals surface area (Å²) in [6, 6.07) is 10.2. The van der Waals surface area contributed by atoms with E-state index >= 15 is 0 Å². The number of esters is 1. The van der Waals surface area contributed by atoms with Crippen LogP contribution in [-0.4, -0.2) is 24.8 Å². The summed E-state index contributed by atoms with van der Waals surface area (Å²) in [5.41, 5.74) is 0.366. The number of nitrogens with one attached hydrogen (secondary N) is 1. The van der Waals surface area contributed by atoms with Crippen LogP contribution in [0, 0.1) is 5.92 Å². The van der Waals surface area contributed by atoms with Gasteiger partial charge in [0.2, 0.25) is 0 Å². The van der Waals surface area contributed by atoms with Crippen LogP contribution in [0.15, 0.2) is 43.1 Å². The minimum atomic E-state index is -1.08. The summed E-state index contributed by atoms with van der Waals surface area (Å²) < 4.78 is 18.3. The highest BCUT2D eigenvalue weighted by Crippen LogP contribution is 2.36. The molecule has 0 radical (unpaired) electrons. The molecule has 3 nitrogen and oxygen atoms in total. The molecular formula is C21H32FNO2. The number of ether oxygens (including phenoxy) is 1. The third-order valence-corrected chi connectivity index (χ3v) is 4.68. The fraction of sp³-hybridized carbons (Fsp3) is 0.571. The lowest BCUT2D eigenvalue weighted by Crippen LogP contribution is -2.44. The molecule has 4 heteroatoms. The van der Waals surface area contributed by atoms with Gasteiger partial charge in [0.05, 0.1) is 7.11 Å². The average molecular weight is 349 g/mol. The summed E-state index contributed by atoms with van der Waals surface area (Å²) in [7, 11) is 1.36. The summed E-state index contributed by atoms with van der Waals surface area (Å²) in [4.78, 5) is 11.5. The molecule has 1 atom stereocenters. The van der Waals surface area contributed by atoms with Crippen LogP contribution in [0.25, 0.3) is 0 Å². The number of halogens is 1. The molecule has 1 unspecified atom stereocenters. The molecule has 140 valence electrons. The Morgan fingerprint density at radius 3 is 2.48 bits per heavy atom. The largest absolute Gasteiger partial charge is 0.467 e. The van der Waals surface area contributed by atoms with Crippen molar-refractivity contribution in [3.05, 3.63) is 48.7 Å². The molecule has 25 heavy (non-hydrogen) atoms. The van der Waals surface area contributed by atoms with Gasteiger partial charge in [0.1, 0.15) is 11.7 Å². The quantitative estimate of drug-likeness (QED) is 0.748. The lowest BCUT2D eigenvalue weighted by molar-refractivity contribution is -0.145. The summed E-state index contributed by atoms with van der Waals surface area (Å²) in [5, 5.41) is 2.90. The number of hydrogen-bond donors (Lipinski definition) is 1. The van der Waals surface area contributed by atoms with Crippen LogP contribution in [0.4, 0.5) is 4.39 Å². The van der Waals surface area contributed by atoms with Crippen molar-refractivity contribution in [3.8, 4) is 0 Å². The van der Waals surface area contributed by atoms with Crippen LogP contribution < -0.4 is 5.32 Å². The third-order valence-electron chi connectivity index (χ3n) is 4.68. The summed E-state index contributed by atoms with van der Waals surface area (Å²) in [6.45, 7) is 7.37. The van der Waals surface area contributed by atoms with Gasteiger partial charge in [0, 0.05) is 0 Å². The monoisotopic (exact) mass is 349 g/mol. The number of methoxy groups -OCH3 is 1. The van der Waals surface area contributed by atoms with Gasteiger partial charge in [-0.1, -0.05) is 50.3 Å². The Labute approximate surface area is 151 Å². The van der Waals surface area contributed by atoms with Crippen molar-refractivity contribution in [1.82, 2.24) is 5.32 Å². The fourth-order valence-corrected chi connectivity index (χ4v) is 3.16. The highest BCUT2D eigenvalue weighted by Gasteiger charge is 2.36. The molecule has 0 amide bonds. The highest BCUT2D eigenvalue weighted by atomic mass is 19.1. The zero-order valence-electron chi connectivity index (χ0n) is 15.8. The number of aryl methyl sites for hydroxylation is 1. The zero-order chi connectivity index (χ0) is 18.7. The molecule has 1 saturated carbocycles. The first-order valence-electron chi connectivity index (χ1n) is 9.11. The van der Waals surface area contributed by atoms with E-state index in [0.29, 0.717) is 25.7 Å². The molecule has 0 heterocycles. The molecule has 0 aliphatic heterocycles. The molecule has 1 fully saturated rings. The molecule has 0 aromatic heterocycles. The second-order valence-corrected chi connectivity index (χ2v) is 6.86. The van der Waals surface area contributed by atoms with E-state index in [9.17, 15) is 9.18 Å². The van der Waals surface area contributed by atoms with E-state index < -0.39 is 11.7 Å². The van der Waals surface area contributed by atoms with Crippen LogP contribution in [-0.2, 0) is 16.0 Å². The van der Waals surface area contributed by atoms with Crippen molar-refractivity contribution in [3.63, 3.8) is 0 Å². The first-order valence-corrected chi connectivity index (χ1v) is 9.11. The first-order chi connectivity index (χ1) is 11.9. The Hall–Kier alpha value is -1.84. The van der Waals surface area contributed by atoms with Crippen LogP contribution in [0.2, 0.25) is 0 Å². The molecule has 2 rings (SSSR count). The number of hydrogen-bond acceptors (Lipinski definition) is 3. The van der Waals surface area contributed by atoms with Crippen molar-refractivity contribution in [2.75, 3.05) is 7.11 Å². The number of rotatable bonds is 6. The lowest BCUT2D eigenvalue weighted by Gasteiger charge is -2.34. The third kappa shape index (κ3) is 7.72. The second-order valence-electron chi connectivity index (χ2n) is 6.86. The van der Waals surface area contributed by atoms with E-state index in [-0.39, 0.29) is 11.9 Å². The van der Waals surface area contributed by atoms with Gasteiger partial charge < -0.3 is 10.1 Å². The van der Waals surface area contributed by atoms with Gasteiger partial charge in [-0.05, 0) is 56.7 Å². The number of carbonyl (C=O) groups excluding carboxylic acids is 1. The van der Waals surface area contributed by atoms with Crippen LogP contribution in [0.5, 0.6) is 0 Å². The number of alkyl halides is 1. The number of carbonyl (C=O) groups is 1. The summed E-state index contributed by atoms with van der Waals surface area (Å²) in [6.07, 6.45) is 6.35. The van der Waals surface area contributed by atoms with Crippen LogP contribution in [0.3, 0.4) is 0 Å². The highest BCUT2D eigenvalue weighted by molar-refractivity contribution is 5.76. The van der Waals surface area contributed by atoms with E-state index in [1.54, 1.807) is 6.92 Å². The molecule has 1 aliphatic rings. The Bertz CT molecular complexity index is 506. The van der Waals surface area contributed by atoms with Crippen molar-refractivity contribution < 1.29 is 13.9 Å². The lowest BCUT2D eigenvalue weighted by atomic mass is 9.77. The van der Waals surface area contributed by atoms with Crippen molar-refractivity contribution in [2.45, 2.75) is 64.1 Å². The van der Waals surface area contributed by atoms with E-state index in [2.05, 4.69) is 49.2 Å². The van der Waals surface area contributed by atoms with Gasteiger partial charge in [-0.25, -0.2) is 9.18 Å². The van der Waals surface area contributed by atoms with E-state index in [1.165, 1.54) is 31.7 Å². The topological polar surface area (TPSA) is 38.3 Å². The van der Waals surface area contributed by atoms with Gasteiger partial charge in [0.15, 0.2) is 0 Å². The Balaban J connectivity index is 0.000000293. The van der Waals surface area contributed by atoms with E-state index in [1.807, 2.05) is 0 Å². The maximum atomic E-state index is 13.6. The fourth-order valence-electron chi connectivity index (χ4n) is 3.16. The smallest absolute Gasteiger partial charge is 0.328 e. The normalized spacial score (nSPS) is 23.6. The van der Waals surface area contributed by atoms with Crippen molar-refractivity contribution in [1.29, 1.82) is 0 Å². The first kappa shape index (κ1) is 21.2. The summed E-state index contributed by atoms with van der Waals surface area (Å²) >= 11 is 0. The molecule has 0 spiro atoms. The van der Waals surface area contributed by atoms with Crippen molar-refractivity contribution in [2.24, 2.45) is 5.92 Å². The molecule has 1 aliphatic carbocycles. The Morgan fingerprint density at radius 2 is 2.00 bits per heavy atom. The minimum Gasteiger partial charge on any atom is -0.467 e. The summed E-state index contributed by atoms with van der Waals surface area (Å²) in [5.74, 6) is -0.165. The second kappa shape index (κ2) is 10.9. The van der Waals surface area contributed by atoms with Gasteiger partial charge in [0.25, 0.3) is 0 Å². The van der Waals surface area contributed by atoms with Gasteiger partial charge in [-0.15, -0.1) is 0 Å². The molecule has 0 bridgehead atoms. The van der Waals surface area contributed by atoms with E-state index in [0.717, 1.165) is 0 Å². The van der Waals surface area contributed by atoms with Crippen LogP contribution in [0.1, 0.15) is 51.5 Å². The average Bonchev–Trinajstić information content (AvgIpc) is 2.61. The standard InChI is InChI=1S/C12H20FNO2.C9H12/c1-4-14-10(11(15)16-3)9-5-7-12(2,13)8-6-9;1-2-6-9-7-4-3-5-8-9/h4,9-10,14H,1,5-8H2,2-3H3;3-5,7-8H,2,6H2,1H3.